The van der Waals surface area contributed by atoms with E-state index in [1.807, 2.05) is 6.92 Å². The van der Waals surface area contributed by atoms with Crippen LogP contribution in [0.2, 0.25) is 0 Å². The Labute approximate surface area is 108 Å². The van der Waals surface area contributed by atoms with Crippen molar-refractivity contribution >= 4 is 0 Å². The topological polar surface area (TPSA) is 3.24 Å². The Hall–Kier alpha value is -0.480. The number of hydrogen-bond acceptors (Lipinski definition) is 1. The standard InChI is InChI=1S/C13H21N.C3H8/c1-2-7-13(8-9-13)12-14-10-5-3-4-6-11-14;1-3-2/h3-6,8-12H2,1H3;3H2,1-2H3. The van der Waals surface area contributed by atoms with E-state index in [1.54, 1.807) is 0 Å². The van der Waals surface area contributed by atoms with Gasteiger partial charge >= 0.3 is 0 Å². The van der Waals surface area contributed by atoms with E-state index >= 15 is 0 Å². The van der Waals surface area contributed by atoms with Crippen LogP contribution in [0, 0.1) is 17.3 Å². The summed E-state index contributed by atoms with van der Waals surface area (Å²) in [6, 6.07) is 0. The van der Waals surface area contributed by atoms with Crippen LogP contribution >= 0.6 is 0 Å². The fourth-order valence-electron chi connectivity index (χ4n) is 2.46. The first-order chi connectivity index (χ1) is 8.26. The second-order valence-electron chi connectivity index (χ2n) is 5.55. The molecule has 0 amide bonds. The summed E-state index contributed by atoms with van der Waals surface area (Å²) in [5.41, 5.74) is 0.416. The number of nitrogens with zero attached hydrogens (tertiary/aromatic N) is 1. The van der Waals surface area contributed by atoms with Crippen LogP contribution in [-0.2, 0) is 0 Å². The van der Waals surface area contributed by atoms with Crippen molar-refractivity contribution in [2.45, 2.75) is 65.7 Å². The Kier molecular flexibility index (Phi) is 6.66. The molecule has 0 aromatic heterocycles. The Morgan fingerprint density at radius 2 is 1.53 bits per heavy atom. The van der Waals surface area contributed by atoms with E-state index in [-0.39, 0.29) is 0 Å². The van der Waals surface area contributed by atoms with Crippen LogP contribution in [0.4, 0.5) is 0 Å². The molecule has 0 N–H and O–H groups in total. The van der Waals surface area contributed by atoms with E-state index in [1.165, 1.54) is 64.6 Å². The number of hydrogen-bond donors (Lipinski definition) is 0. The molecule has 1 saturated carbocycles. The monoisotopic (exact) mass is 235 g/mol. The normalized spacial score (nSPS) is 22.5. The minimum atomic E-state index is 0.416. The summed E-state index contributed by atoms with van der Waals surface area (Å²) in [6.45, 7) is 10.1. The summed E-state index contributed by atoms with van der Waals surface area (Å²) >= 11 is 0. The number of rotatable bonds is 2. The van der Waals surface area contributed by atoms with Crippen molar-refractivity contribution in [1.29, 1.82) is 0 Å². The fourth-order valence-corrected chi connectivity index (χ4v) is 2.46. The molecule has 1 saturated heterocycles. The molecule has 0 aromatic rings. The SMILES string of the molecule is CC#CC1(CN2CCCCCC2)CC1.CCC. The molecule has 0 atom stereocenters. The van der Waals surface area contributed by atoms with Gasteiger partial charge in [-0.1, -0.05) is 39.0 Å². The minimum absolute atomic E-state index is 0.416. The molecule has 2 aliphatic rings. The number of likely N-dealkylation sites (tertiary alicyclic amines) is 1. The average molecular weight is 235 g/mol. The molecule has 0 spiro atoms. The Morgan fingerprint density at radius 3 is 1.94 bits per heavy atom. The van der Waals surface area contributed by atoms with Crippen molar-refractivity contribution in [3.63, 3.8) is 0 Å². The van der Waals surface area contributed by atoms with Gasteiger partial charge in [-0.3, -0.25) is 0 Å². The molecule has 2 rings (SSSR count). The molecule has 17 heavy (non-hydrogen) atoms. The van der Waals surface area contributed by atoms with E-state index in [0.29, 0.717) is 5.41 Å². The lowest BCUT2D eigenvalue weighted by Crippen LogP contribution is -2.30. The predicted octanol–water partition coefficient (Wildman–Crippen LogP) is 4.08. The zero-order chi connectivity index (χ0) is 12.6. The lowest BCUT2D eigenvalue weighted by molar-refractivity contribution is 0.253. The Morgan fingerprint density at radius 1 is 1.00 bits per heavy atom. The highest BCUT2D eigenvalue weighted by atomic mass is 15.1. The maximum Gasteiger partial charge on any atom is 0.0442 e. The van der Waals surface area contributed by atoms with Crippen LogP contribution in [0.3, 0.4) is 0 Å². The van der Waals surface area contributed by atoms with Gasteiger partial charge in [0.25, 0.3) is 0 Å². The van der Waals surface area contributed by atoms with Gasteiger partial charge in [-0.25, -0.2) is 0 Å². The molecule has 2 fully saturated rings. The molecular weight excluding hydrogens is 206 g/mol. The first-order valence-electron chi connectivity index (χ1n) is 7.42. The van der Waals surface area contributed by atoms with Gasteiger partial charge in [-0.2, -0.15) is 0 Å². The van der Waals surface area contributed by atoms with Crippen molar-refractivity contribution in [3.8, 4) is 11.8 Å². The van der Waals surface area contributed by atoms with Gasteiger partial charge in [0.1, 0.15) is 0 Å². The summed E-state index contributed by atoms with van der Waals surface area (Å²) in [7, 11) is 0. The van der Waals surface area contributed by atoms with Crippen LogP contribution in [0.5, 0.6) is 0 Å². The molecule has 1 aliphatic carbocycles. The van der Waals surface area contributed by atoms with Crippen LogP contribution in [-0.4, -0.2) is 24.5 Å². The summed E-state index contributed by atoms with van der Waals surface area (Å²) in [6.07, 6.45) is 9.59. The van der Waals surface area contributed by atoms with Gasteiger partial charge in [0.05, 0.1) is 0 Å². The van der Waals surface area contributed by atoms with Crippen LogP contribution in [0.1, 0.15) is 65.7 Å². The van der Waals surface area contributed by atoms with Crippen molar-refractivity contribution < 1.29 is 0 Å². The van der Waals surface area contributed by atoms with E-state index in [4.69, 9.17) is 0 Å². The first-order valence-corrected chi connectivity index (χ1v) is 7.42. The summed E-state index contributed by atoms with van der Waals surface area (Å²) in [4.78, 5) is 2.64. The molecule has 1 aliphatic heterocycles. The maximum atomic E-state index is 3.41. The Balaban J connectivity index is 0.000000437. The molecule has 0 radical (unpaired) electrons. The largest absolute Gasteiger partial charge is 0.302 e. The van der Waals surface area contributed by atoms with Crippen molar-refractivity contribution in [2.24, 2.45) is 5.41 Å². The third-order valence-corrected chi connectivity index (χ3v) is 3.47. The third-order valence-electron chi connectivity index (χ3n) is 3.47. The van der Waals surface area contributed by atoms with Gasteiger partial charge in [-0.05, 0) is 45.7 Å². The third kappa shape index (κ3) is 5.59. The summed E-state index contributed by atoms with van der Waals surface area (Å²) in [5, 5.41) is 0. The van der Waals surface area contributed by atoms with Gasteiger partial charge in [0.15, 0.2) is 0 Å². The minimum Gasteiger partial charge on any atom is -0.302 e. The van der Waals surface area contributed by atoms with Crippen LogP contribution < -0.4 is 0 Å². The fraction of sp³-hybridized carbons (Fsp3) is 0.875. The van der Waals surface area contributed by atoms with Crippen molar-refractivity contribution in [1.82, 2.24) is 4.90 Å². The van der Waals surface area contributed by atoms with Crippen LogP contribution in [0.25, 0.3) is 0 Å². The zero-order valence-corrected chi connectivity index (χ0v) is 12.0. The van der Waals surface area contributed by atoms with Crippen molar-refractivity contribution in [3.05, 3.63) is 0 Å². The van der Waals surface area contributed by atoms with Gasteiger partial charge in [0, 0.05) is 12.0 Å². The second-order valence-corrected chi connectivity index (χ2v) is 5.55. The molecule has 0 bridgehead atoms. The van der Waals surface area contributed by atoms with Gasteiger partial charge < -0.3 is 4.90 Å². The highest BCUT2D eigenvalue weighted by molar-refractivity contribution is 5.19. The van der Waals surface area contributed by atoms with Crippen LogP contribution in [0.15, 0.2) is 0 Å². The molecule has 1 heteroatoms. The highest BCUT2D eigenvalue weighted by Crippen LogP contribution is 2.45. The second kappa shape index (κ2) is 7.77. The molecular formula is C16H29N. The molecule has 1 nitrogen and oxygen atoms in total. The molecule has 1 heterocycles. The molecule has 0 unspecified atom stereocenters. The molecule has 0 aromatic carbocycles. The van der Waals surface area contributed by atoms with E-state index in [0.717, 1.165) is 0 Å². The lowest BCUT2D eigenvalue weighted by Gasteiger charge is -2.22. The smallest absolute Gasteiger partial charge is 0.0442 e. The van der Waals surface area contributed by atoms with Gasteiger partial charge in [0.2, 0.25) is 0 Å². The van der Waals surface area contributed by atoms with Crippen molar-refractivity contribution in [2.75, 3.05) is 19.6 Å². The lowest BCUT2D eigenvalue weighted by atomic mass is 10.1. The van der Waals surface area contributed by atoms with E-state index < -0.39 is 0 Å². The summed E-state index contributed by atoms with van der Waals surface area (Å²) < 4.78 is 0. The quantitative estimate of drug-likeness (QED) is 0.652. The highest BCUT2D eigenvalue weighted by Gasteiger charge is 2.42. The summed E-state index contributed by atoms with van der Waals surface area (Å²) in [5.74, 6) is 6.51. The van der Waals surface area contributed by atoms with E-state index in [9.17, 15) is 0 Å². The predicted molar refractivity (Wildman–Crippen MR) is 76.0 cm³/mol. The molecule has 98 valence electrons. The zero-order valence-electron chi connectivity index (χ0n) is 12.0. The average Bonchev–Trinajstić information content (AvgIpc) is 3.07. The Bertz CT molecular complexity index is 246. The van der Waals surface area contributed by atoms with E-state index in [2.05, 4.69) is 30.6 Å². The maximum absolute atomic E-state index is 3.41. The first kappa shape index (κ1) is 14.6. The van der Waals surface area contributed by atoms with Gasteiger partial charge in [-0.15, -0.1) is 5.92 Å².